The molecule has 0 fully saturated rings. The second kappa shape index (κ2) is 18.1. The van der Waals surface area contributed by atoms with Gasteiger partial charge in [0.25, 0.3) is 0 Å². The van der Waals surface area contributed by atoms with Crippen LogP contribution in [0.3, 0.4) is 0 Å². The van der Waals surface area contributed by atoms with Gasteiger partial charge in [0.15, 0.2) is 0 Å². The predicted octanol–water partition coefficient (Wildman–Crippen LogP) is -12.6. The van der Waals surface area contributed by atoms with Gasteiger partial charge >= 0.3 is 162 Å². The third kappa shape index (κ3) is 171. The molecule has 0 saturated carbocycles. The second-order valence-corrected chi connectivity index (χ2v) is 2.88. The van der Waals surface area contributed by atoms with Gasteiger partial charge in [-0.3, -0.25) is 0 Å². The van der Waals surface area contributed by atoms with E-state index < -0.39 is 15.6 Å². The van der Waals surface area contributed by atoms with Gasteiger partial charge in [-0.05, 0) is 0 Å². The van der Waals surface area contributed by atoms with Gasteiger partial charge in [-0.2, -0.15) is 7.82 Å². The number of hydrogen-bond acceptors (Lipinski definition) is 6. The molecule has 0 radical (unpaired) electrons. The standard InChI is InChI=1S/3K.H3N.2H3O4P/c;;;;2*1-5(2,3)4/h;;;1H3;2*(H3,1,2,3,4)/q3*+1;;;/p-3. The summed E-state index contributed by atoms with van der Waals surface area (Å²) >= 11 is 0. The quantitative estimate of drug-likeness (QED) is 0.246. The van der Waals surface area contributed by atoms with Gasteiger partial charge in [0.1, 0.15) is 0 Å². The zero-order chi connectivity index (χ0) is 9.00. The molecule has 0 heterocycles. The van der Waals surface area contributed by atoms with E-state index in [-0.39, 0.29) is 160 Å². The van der Waals surface area contributed by atoms with E-state index in [0.717, 1.165) is 0 Å². The molecule has 6 N–H and O–H groups in total. The largest absolute Gasteiger partial charge is 1.00 e. The van der Waals surface area contributed by atoms with Crippen molar-refractivity contribution in [1.29, 1.82) is 0 Å². The van der Waals surface area contributed by atoms with Crippen LogP contribution in [-0.2, 0) is 9.13 Å². The van der Waals surface area contributed by atoms with Gasteiger partial charge in [-0.1, -0.05) is 0 Å². The molecule has 0 aliphatic carbocycles. The van der Waals surface area contributed by atoms with E-state index in [1.807, 2.05) is 0 Å². The molecule has 0 rings (SSSR count). The van der Waals surface area contributed by atoms with Crippen molar-refractivity contribution in [1.82, 2.24) is 6.15 Å². The summed E-state index contributed by atoms with van der Waals surface area (Å²) in [5.41, 5.74) is 0. The first-order chi connectivity index (χ1) is 4.00. The van der Waals surface area contributed by atoms with Crippen LogP contribution >= 0.6 is 15.6 Å². The number of hydrogen-bond donors (Lipinski definition) is 4. The molecule has 0 aromatic carbocycles. The third-order valence-electron chi connectivity index (χ3n) is 0. The molecule has 0 aliphatic heterocycles. The summed E-state index contributed by atoms with van der Waals surface area (Å²) in [6, 6.07) is 0. The topological polar surface area (TPSA) is 199 Å². The van der Waals surface area contributed by atoms with E-state index in [2.05, 4.69) is 0 Å². The van der Waals surface area contributed by atoms with Crippen molar-refractivity contribution in [3.05, 3.63) is 0 Å². The van der Waals surface area contributed by atoms with Gasteiger partial charge in [0, 0.05) is 0 Å². The van der Waals surface area contributed by atoms with Crippen LogP contribution < -0.4 is 175 Å². The molecule has 0 amide bonds. The van der Waals surface area contributed by atoms with Crippen molar-refractivity contribution in [2.24, 2.45) is 0 Å². The normalized spacial score (nSPS) is 8.43. The summed E-state index contributed by atoms with van der Waals surface area (Å²) < 4.78 is 17.4. The van der Waals surface area contributed by atoms with Crippen LogP contribution in [0.1, 0.15) is 0 Å². The summed E-state index contributed by atoms with van der Waals surface area (Å²) in [6.07, 6.45) is 0. The Morgan fingerprint density at radius 3 is 0.786 bits per heavy atom. The third-order valence-corrected chi connectivity index (χ3v) is 0. The Balaban J connectivity index is -0.0000000178. The molecule has 14 heteroatoms. The van der Waals surface area contributed by atoms with Gasteiger partial charge < -0.3 is 40.1 Å². The molecule has 9 nitrogen and oxygen atoms in total. The SMILES string of the molecule is N.O=P(O)(O)O.O=P([O-])([O-])[O-].[K+].[K+].[K+]. The van der Waals surface area contributed by atoms with Crippen molar-refractivity contribution < 1.29 is 193 Å². The van der Waals surface area contributed by atoms with E-state index in [0.29, 0.717) is 0 Å². The van der Waals surface area contributed by atoms with Gasteiger partial charge in [0.2, 0.25) is 0 Å². The van der Waals surface area contributed by atoms with Crippen LogP contribution in [0, 0.1) is 0 Å². The van der Waals surface area contributed by atoms with Gasteiger partial charge in [-0.15, -0.1) is 0 Å². The summed E-state index contributed by atoms with van der Waals surface area (Å²) in [5, 5.41) is 0. The van der Waals surface area contributed by atoms with Crippen LogP contribution in [0.4, 0.5) is 0 Å². The molecule has 0 atom stereocenters. The average Bonchev–Trinajstić information content (AvgIpc) is 1.12. The number of rotatable bonds is 0. The fourth-order valence-corrected chi connectivity index (χ4v) is 0. The van der Waals surface area contributed by atoms with Crippen LogP contribution in [0.25, 0.3) is 0 Å². The summed E-state index contributed by atoms with van der Waals surface area (Å²) in [5.74, 6) is 0. The Kier molecular flexibility index (Phi) is 47.1. The van der Waals surface area contributed by atoms with Crippen molar-refractivity contribution in [3.8, 4) is 0 Å². The van der Waals surface area contributed by atoms with Crippen molar-refractivity contribution in [3.63, 3.8) is 0 Å². The van der Waals surface area contributed by atoms with Gasteiger partial charge in [-0.25, -0.2) is 4.57 Å². The first-order valence-electron chi connectivity index (χ1n) is 1.51. The smallest absolute Gasteiger partial charge is 0.822 e. The summed E-state index contributed by atoms with van der Waals surface area (Å²) in [6.45, 7) is 0. The van der Waals surface area contributed by atoms with Gasteiger partial charge in [0.05, 0.1) is 0 Å². The summed E-state index contributed by atoms with van der Waals surface area (Å²) in [4.78, 5) is 47.2. The van der Waals surface area contributed by atoms with E-state index in [4.69, 9.17) is 38.5 Å². The maximum Gasteiger partial charge on any atom is 1.00 e. The molecule has 0 aromatic rings. The zero-order valence-corrected chi connectivity index (χ0v) is 19.1. The molecule has 0 saturated heterocycles. The minimum atomic E-state index is -5.39. The molecule has 0 unspecified atom stereocenters. The number of phosphoric acid groups is 2. The van der Waals surface area contributed by atoms with Crippen LogP contribution in [0.2, 0.25) is 0 Å². The summed E-state index contributed by atoms with van der Waals surface area (Å²) in [7, 11) is -10.0. The van der Waals surface area contributed by atoms with Crippen LogP contribution in [0.5, 0.6) is 0 Å². The van der Waals surface area contributed by atoms with E-state index in [1.54, 1.807) is 0 Å². The molecular formula is H6K3NO8P2. The van der Waals surface area contributed by atoms with E-state index in [1.165, 1.54) is 0 Å². The van der Waals surface area contributed by atoms with E-state index >= 15 is 0 Å². The minimum absolute atomic E-state index is 0. The molecule has 0 aromatic heterocycles. The Morgan fingerprint density at radius 2 is 0.786 bits per heavy atom. The average molecular weight is 327 g/mol. The van der Waals surface area contributed by atoms with Crippen molar-refractivity contribution >= 4 is 15.6 Å². The molecule has 72 valence electrons. The Morgan fingerprint density at radius 1 is 0.786 bits per heavy atom. The maximum atomic E-state index is 8.88. The fraction of sp³-hybridized carbons (Fsp3) is 0. The predicted molar refractivity (Wildman–Crippen MR) is 26.9 cm³/mol. The Hall–Kier alpha value is 5.09. The molecule has 0 bridgehead atoms. The second-order valence-electron chi connectivity index (χ2n) is 0.960. The molecule has 0 spiro atoms. The molecular weight excluding hydrogens is 321 g/mol. The minimum Gasteiger partial charge on any atom is -0.822 e. The zero-order valence-electron chi connectivity index (χ0n) is 7.98. The van der Waals surface area contributed by atoms with Crippen LogP contribution in [0.15, 0.2) is 0 Å². The Bertz CT molecular complexity index is 135. The first kappa shape index (κ1) is 36.5. The van der Waals surface area contributed by atoms with Crippen molar-refractivity contribution in [2.45, 2.75) is 0 Å². The Labute approximate surface area is 208 Å². The van der Waals surface area contributed by atoms with Crippen molar-refractivity contribution in [2.75, 3.05) is 0 Å². The first-order valence-corrected chi connectivity index (χ1v) is 4.54. The molecule has 0 aliphatic rings. The van der Waals surface area contributed by atoms with Crippen LogP contribution in [-0.4, -0.2) is 14.7 Å². The molecule has 14 heavy (non-hydrogen) atoms. The van der Waals surface area contributed by atoms with E-state index in [9.17, 15) is 0 Å². The monoisotopic (exact) mass is 327 g/mol. The maximum absolute atomic E-state index is 8.88. The fourth-order valence-electron chi connectivity index (χ4n) is 0.